The third-order valence-electron chi connectivity index (χ3n) is 3.07. The van der Waals surface area contributed by atoms with Gasteiger partial charge in [0.15, 0.2) is 0 Å². The van der Waals surface area contributed by atoms with Crippen molar-refractivity contribution < 1.29 is 4.74 Å². The van der Waals surface area contributed by atoms with Gasteiger partial charge in [-0.15, -0.1) is 0 Å². The van der Waals surface area contributed by atoms with Crippen molar-refractivity contribution >= 4 is 34.5 Å². The van der Waals surface area contributed by atoms with E-state index in [1.54, 1.807) is 0 Å². The zero-order valence-electron chi connectivity index (χ0n) is 11.0. The van der Waals surface area contributed by atoms with E-state index < -0.39 is 0 Å². The Morgan fingerprint density at radius 3 is 2.95 bits per heavy atom. The fourth-order valence-electron chi connectivity index (χ4n) is 2.02. The van der Waals surface area contributed by atoms with Crippen molar-refractivity contribution in [3.63, 3.8) is 0 Å². The summed E-state index contributed by atoms with van der Waals surface area (Å²) in [5.74, 6) is 1.51. The van der Waals surface area contributed by atoms with E-state index in [2.05, 4.69) is 10.3 Å². The molecule has 102 valence electrons. The Morgan fingerprint density at radius 1 is 1.25 bits per heavy atom. The van der Waals surface area contributed by atoms with Crippen LogP contribution in [-0.4, -0.2) is 12.4 Å². The lowest BCUT2D eigenvalue weighted by Gasteiger charge is -2.21. The molecule has 0 radical (unpaired) electrons. The maximum Gasteiger partial charge on any atom is 0.146 e. The molecule has 3 rings (SSSR count). The molecule has 0 atom stereocenters. The third-order valence-corrected chi connectivity index (χ3v) is 3.31. The summed E-state index contributed by atoms with van der Waals surface area (Å²) in [7, 11) is 0. The van der Waals surface area contributed by atoms with E-state index in [9.17, 15) is 0 Å². The molecule has 3 N–H and O–H groups in total. The lowest BCUT2D eigenvalue weighted by Crippen LogP contribution is -2.25. The molecule has 0 saturated heterocycles. The molecule has 0 spiro atoms. The highest BCUT2D eigenvalue weighted by Gasteiger charge is 2.15. The van der Waals surface area contributed by atoms with Gasteiger partial charge in [0, 0.05) is 10.7 Å². The summed E-state index contributed by atoms with van der Waals surface area (Å²) < 4.78 is 5.65. The van der Waals surface area contributed by atoms with E-state index in [1.165, 1.54) is 0 Å². The minimum atomic E-state index is 0.392. The first-order chi connectivity index (χ1) is 9.61. The van der Waals surface area contributed by atoms with Crippen LogP contribution >= 0.6 is 11.6 Å². The first kappa shape index (κ1) is 12.8. The molecule has 0 aromatic heterocycles. The fraction of sp³-hybridized carbons (Fsp3) is 0.133. The van der Waals surface area contributed by atoms with Crippen molar-refractivity contribution in [1.29, 1.82) is 0 Å². The fourth-order valence-corrected chi connectivity index (χ4v) is 2.18. The standard InChI is InChI=1S/C15H14ClN3O/c1-9-2-3-10(16)6-12(9)18-15-8-20-14-5-4-11(17)7-13(14)19-15/h2-7H,8,17H2,1H3,(H,18,19). The van der Waals surface area contributed by atoms with Crippen LogP contribution in [0.2, 0.25) is 5.02 Å². The van der Waals surface area contributed by atoms with Crippen LogP contribution in [0.15, 0.2) is 41.4 Å². The number of benzene rings is 2. The van der Waals surface area contributed by atoms with E-state index in [1.807, 2.05) is 43.3 Å². The second-order valence-corrected chi connectivity index (χ2v) is 5.10. The third kappa shape index (κ3) is 2.56. The maximum atomic E-state index is 6.00. The molecule has 0 saturated carbocycles. The summed E-state index contributed by atoms with van der Waals surface area (Å²) in [6, 6.07) is 11.1. The van der Waals surface area contributed by atoms with Crippen LogP contribution in [0.4, 0.5) is 17.1 Å². The Hall–Kier alpha value is -2.20. The van der Waals surface area contributed by atoms with Crippen molar-refractivity contribution in [3.05, 3.63) is 47.0 Å². The van der Waals surface area contributed by atoms with Gasteiger partial charge in [-0.2, -0.15) is 0 Å². The van der Waals surface area contributed by atoms with E-state index in [4.69, 9.17) is 22.1 Å². The van der Waals surface area contributed by atoms with Crippen molar-refractivity contribution in [2.24, 2.45) is 4.99 Å². The molecule has 1 heterocycles. The second kappa shape index (κ2) is 5.06. The molecule has 1 aliphatic rings. The van der Waals surface area contributed by atoms with Gasteiger partial charge in [0.2, 0.25) is 0 Å². The van der Waals surface area contributed by atoms with Gasteiger partial charge in [-0.3, -0.25) is 0 Å². The molecular weight excluding hydrogens is 274 g/mol. The molecule has 0 aliphatic carbocycles. The van der Waals surface area contributed by atoms with Crippen LogP contribution in [0, 0.1) is 6.92 Å². The average molecular weight is 288 g/mol. The average Bonchev–Trinajstić information content (AvgIpc) is 2.42. The van der Waals surface area contributed by atoms with Gasteiger partial charge < -0.3 is 15.8 Å². The summed E-state index contributed by atoms with van der Waals surface area (Å²) in [6.45, 7) is 2.38. The Bertz CT molecular complexity index is 698. The SMILES string of the molecule is Cc1ccc(Cl)cc1N=C1COc2ccc(N)cc2N1. The Labute approximate surface area is 122 Å². The van der Waals surface area contributed by atoms with Gasteiger partial charge in [-0.1, -0.05) is 17.7 Å². The molecule has 20 heavy (non-hydrogen) atoms. The highest BCUT2D eigenvalue weighted by atomic mass is 35.5. The normalized spacial score (nSPS) is 15.4. The number of amidine groups is 1. The minimum absolute atomic E-state index is 0.392. The number of anilines is 2. The number of nitrogens with one attached hydrogen (secondary N) is 1. The largest absolute Gasteiger partial charge is 0.484 e. The smallest absolute Gasteiger partial charge is 0.146 e. The molecule has 2 aromatic carbocycles. The molecule has 0 bridgehead atoms. The Kier molecular flexibility index (Phi) is 3.24. The Balaban J connectivity index is 1.93. The van der Waals surface area contributed by atoms with Gasteiger partial charge in [0.1, 0.15) is 18.2 Å². The highest BCUT2D eigenvalue weighted by molar-refractivity contribution is 6.30. The minimum Gasteiger partial charge on any atom is -0.484 e. The first-order valence-electron chi connectivity index (χ1n) is 6.25. The van der Waals surface area contributed by atoms with Crippen molar-refractivity contribution in [1.82, 2.24) is 0 Å². The van der Waals surface area contributed by atoms with E-state index in [-0.39, 0.29) is 0 Å². The van der Waals surface area contributed by atoms with Gasteiger partial charge >= 0.3 is 0 Å². The topological polar surface area (TPSA) is 59.6 Å². The van der Waals surface area contributed by atoms with Gasteiger partial charge in [-0.05, 0) is 42.8 Å². The quantitative estimate of drug-likeness (QED) is 0.785. The van der Waals surface area contributed by atoms with Crippen LogP contribution in [0.3, 0.4) is 0 Å². The lowest BCUT2D eigenvalue weighted by molar-refractivity contribution is 0.372. The summed E-state index contributed by atoms with van der Waals surface area (Å²) >= 11 is 6.00. The number of aliphatic imine (C=N–C) groups is 1. The number of nitrogen functional groups attached to an aromatic ring is 1. The predicted molar refractivity (Wildman–Crippen MR) is 83.3 cm³/mol. The molecule has 1 aliphatic heterocycles. The van der Waals surface area contributed by atoms with Crippen molar-refractivity contribution in [2.45, 2.75) is 6.92 Å². The van der Waals surface area contributed by atoms with Crippen LogP contribution in [-0.2, 0) is 0 Å². The highest BCUT2D eigenvalue weighted by Crippen LogP contribution is 2.30. The maximum absolute atomic E-state index is 6.00. The van der Waals surface area contributed by atoms with Crippen LogP contribution in [0.5, 0.6) is 5.75 Å². The van der Waals surface area contributed by atoms with E-state index in [0.717, 1.165) is 28.5 Å². The van der Waals surface area contributed by atoms with Gasteiger partial charge in [0.25, 0.3) is 0 Å². The molecule has 2 aromatic rings. The summed E-state index contributed by atoms with van der Waals surface area (Å²) in [6.07, 6.45) is 0. The number of rotatable bonds is 1. The van der Waals surface area contributed by atoms with Crippen molar-refractivity contribution in [2.75, 3.05) is 17.7 Å². The summed E-state index contributed by atoms with van der Waals surface area (Å²) in [4.78, 5) is 4.56. The number of fused-ring (bicyclic) bond motifs is 1. The molecule has 0 unspecified atom stereocenters. The molecular formula is C15H14ClN3O. The van der Waals surface area contributed by atoms with Gasteiger partial charge in [0.05, 0.1) is 11.4 Å². The molecule has 0 amide bonds. The number of aryl methyl sites for hydroxylation is 1. The van der Waals surface area contributed by atoms with Crippen molar-refractivity contribution in [3.8, 4) is 5.75 Å². The number of ether oxygens (including phenoxy) is 1. The molecule has 5 heteroatoms. The number of halogens is 1. The van der Waals surface area contributed by atoms with Gasteiger partial charge in [-0.25, -0.2) is 4.99 Å². The molecule has 4 nitrogen and oxygen atoms in total. The van der Waals surface area contributed by atoms with E-state index >= 15 is 0 Å². The van der Waals surface area contributed by atoms with E-state index in [0.29, 0.717) is 17.3 Å². The second-order valence-electron chi connectivity index (χ2n) is 4.66. The first-order valence-corrected chi connectivity index (χ1v) is 6.63. The molecule has 0 fully saturated rings. The Morgan fingerprint density at radius 2 is 2.10 bits per heavy atom. The number of nitrogens with zero attached hydrogens (tertiary/aromatic N) is 1. The number of nitrogens with two attached hydrogens (primary N) is 1. The predicted octanol–water partition coefficient (Wildman–Crippen LogP) is 3.77. The zero-order valence-corrected chi connectivity index (χ0v) is 11.7. The van der Waals surface area contributed by atoms with Crippen LogP contribution < -0.4 is 15.8 Å². The summed E-state index contributed by atoms with van der Waals surface area (Å²) in [5.41, 5.74) is 9.17. The monoisotopic (exact) mass is 287 g/mol. The number of hydrogen-bond acceptors (Lipinski definition) is 3. The number of hydrogen-bond donors (Lipinski definition) is 2. The summed E-state index contributed by atoms with van der Waals surface area (Å²) in [5, 5.41) is 3.90. The van der Waals surface area contributed by atoms with Crippen LogP contribution in [0.1, 0.15) is 5.56 Å². The van der Waals surface area contributed by atoms with Crippen LogP contribution in [0.25, 0.3) is 0 Å². The zero-order chi connectivity index (χ0) is 14.1. The lowest BCUT2D eigenvalue weighted by atomic mass is 10.2.